The fourth-order valence-corrected chi connectivity index (χ4v) is 2.00. The summed E-state index contributed by atoms with van der Waals surface area (Å²) in [5.74, 6) is 0.645. The summed E-state index contributed by atoms with van der Waals surface area (Å²) in [6.07, 6.45) is 2.15. The van der Waals surface area contributed by atoms with Crippen LogP contribution in [-0.2, 0) is 6.42 Å². The lowest BCUT2D eigenvalue weighted by molar-refractivity contribution is 0.298. The predicted octanol–water partition coefficient (Wildman–Crippen LogP) is 2.25. The second-order valence-corrected chi connectivity index (χ2v) is 4.32. The minimum Gasteiger partial charge on any atom is -0.444 e. The van der Waals surface area contributed by atoms with E-state index >= 15 is 0 Å². The van der Waals surface area contributed by atoms with Crippen molar-refractivity contribution in [3.8, 4) is 10.8 Å². The van der Waals surface area contributed by atoms with Gasteiger partial charge in [0.1, 0.15) is 6.26 Å². The average molecular weight is 209 g/mol. The zero-order valence-corrected chi connectivity index (χ0v) is 8.67. The van der Waals surface area contributed by atoms with Gasteiger partial charge in [-0.25, -0.2) is 4.98 Å². The Balaban J connectivity index is 2.24. The SMILES string of the molecule is Cc1ccc(-c2nc(CCO)co2)s1. The Kier molecular flexibility index (Phi) is 2.65. The van der Waals surface area contributed by atoms with Gasteiger partial charge in [0, 0.05) is 17.9 Å². The fourth-order valence-electron chi connectivity index (χ4n) is 1.20. The number of aliphatic hydroxyl groups is 1. The molecule has 0 aromatic carbocycles. The van der Waals surface area contributed by atoms with E-state index in [9.17, 15) is 0 Å². The molecule has 0 amide bonds. The van der Waals surface area contributed by atoms with Crippen molar-refractivity contribution in [3.05, 3.63) is 29.0 Å². The number of aliphatic hydroxyl groups excluding tert-OH is 1. The zero-order valence-electron chi connectivity index (χ0n) is 7.86. The molecule has 1 N–H and O–H groups in total. The van der Waals surface area contributed by atoms with E-state index in [0.717, 1.165) is 10.6 Å². The van der Waals surface area contributed by atoms with E-state index in [1.54, 1.807) is 17.6 Å². The van der Waals surface area contributed by atoms with Gasteiger partial charge in [-0.1, -0.05) is 0 Å². The van der Waals surface area contributed by atoms with E-state index in [0.29, 0.717) is 12.3 Å². The molecule has 2 aromatic rings. The van der Waals surface area contributed by atoms with Crippen LogP contribution in [0.1, 0.15) is 10.6 Å². The van der Waals surface area contributed by atoms with Gasteiger partial charge in [-0.3, -0.25) is 0 Å². The number of aryl methyl sites for hydroxylation is 1. The number of hydrogen-bond acceptors (Lipinski definition) is 4. The van der Waals surface area contributed by atoms with Crippen LogP contribution in [0.25, 0.3) is 10.8 Å². The highest BCUT2D eigenvalue weighted by atomic mass is 32.1. The first-order chi connectivity index (χ1) is 6.79. The maximum atomic E-state index is 8.72. The topological polar surface area (TPSA) is 46.3 Å². The van der Waals surface area contributed by atoms with Crippen molar-refractivity contribution in [1.29, 1.82) is 0 Å². The molecule has 0 aliphatic heterocycles. The molecule has 0 bridgehead atoms. The fraction of sp³-hybridized carbons (Fsp3) is 0.300. The highest BCUT2D eigenvalue weighted by Crippen LogP contribution is 2.26. The molecule has 2 heterocycles. The lowest BCUT2D eigenvalue weighted by atomic mass is 10.3. The Morgan fingerprint density at radius 2 is 2.36 bits per heavy atom. The van der Waals surface area contributed by atoms with Crippen molar-refractivity contribution in [2.45, 2.75) is 13.3 Å². The maximum Gasteiger partial charge on any atom is 0.236 e. The van der Waals surface area contributed by atoms with E-state index < -0.39 is 0 Å². The third kappa shape index (κ3) is 1.86. The Morgan fingerprint density at radius 1 is 1.50 bits per heavy atom. The lowest BCUT2D eigenvalue weighted by Gasteiger charge is -1.87. The molecule has 0 spiro atoms. The van der Waals surface area contributed by atoms with Crippen molar-refractivity contribution in [1.82, 2.24) is 4.98 Å². The molecule has 0 atom stereocenters. The summed E-state index contributed by atoms with van der Waals surface area (Å²) in [6, 6.07) is 4.03. The van der Waals surface area contributed by atoms with Gasteiger partial charge >= 0.3 is 0 Å². The van der Waals surface area contributed by atoms with Crippen LogP contribution < -0.4 is 0 Å². The van der Waals surface area contributed by atoms with Crippen LogP contribution in [0.15, 0.2) is 22.8 Å². The largest absolute Gasteiger partial charge is 0.444 e. The van der Waals surface area contributed by atoms with Gasteiger partial charge in [0.25, 0.3) is 0 Å². The minimum absolute atomic E-state index is 0.107. The van der Waals surface area contributed by atoms with Crippen LogP contribution >= 0.6 is 11.3 Å². The molecule has 0 saturated heterocycles. The number of oxazole rings is 1. The van der Waals surface area contributed by atoms with E-state index in [1.807, 2.05) is 19.1 Å². The summed E-state index contributed by atoms with van der Waals surface area (Å²) in [5.41, 5.74) is 0.800. The van der Waals surface area contributed by atoms with Crippen LogP contribution in [0.2, 0.25) is 0 Å². The van der Waals surface area contributed by atoms with Crippen molar-refractivity contribution in [2.75, 3.05) is 6.61 Å². The molecule has 74 valence electrons. The van der Waals surface area contributed by atoms with Crippen LogP contribution in [0, 0.1) is 6.92 Å². The number of hydrogen-bond donors (Lipinski definition) is 1. The lowest BCUT2D eigenvalue weighted by Crippen LogP contribution is -1.89. The van der Waals surface area contributed by atoms with Crippen molar-refractivity contribution < 1.29 is 9.52 Å². The molecule has 0 aliphatic rings. The highest BCUT2D eigenvalue weighted by Gasteiger charge is 2.07. The molecule has 0 fully saturated rings. The molecule has 0 unspecified atom stereocenters. The average Bonchev–Trinajstić information content (AvgIpc) is 2.74. The van der Waals surface area contributed by atoms with Crippen LogP contribution in [0.5, 0.6) is 0 Å². The van der Waals surface area contributed by atoms with Crippen LogP contribution in [0.3, 0.4) is 0 Å². The smallest absolute Gasteiger partial charge is 0.236 e. The number of aromatic nitrogens is 1. The quantitative estimate of drug-likeness (QED) is 0.843. The van der Waals surface area contributed by atoms with E-state index in [2.05, 4.69) is 4.98 Å². The predicted molar refractivity (Wildman–Crippen MR) is 55.3 cm³/mol. The molecule has 14 heavy (non-hydrogen) atoms. The molecule has 0 aliphatic carbocycles. The minimum atomic E-state index is 0.107. The normalized spacial score (nSPS) is 10.7. The summed E-state index contributed by atoms with van der Waals surface area (Å²) < 4.78 is 5.30. The van der Waals surface area contributed by atoms with Gasteiger partial charge in [-0.05, 0) is 19.1 Å². The van der Waals surface area contributed by atoms with Crippen molar-refractivity contribution in [3.63, 3.8) is 0 Å². The molecule has 0 radical (unpaired) electrons. The van der Waals surface area contributed by atoms with E-state index in [-0.39, 0.29) is 6.61 Å². The second-order valence-electron chi connectivity index (χ2n) is 3.03. The van der Waals surface area contributed by atoms with Crippen molar-refractivity contribution in [2.24, 2.45) is 0 Å². The molecular weight excluding hydrogens is 198 g/mol. The van der Waals surface area contributed by atoms with Gasteiger partial charge in [0.15, 0.2) is 0 Å². The molecule has 0 saturated carbocycles. The third-order valence-electron chi connectivity index (χ3n) is 1.87. The van der Waals surface area contributed by atoms with Gasteiger partial charge in [-0.15, -0.1) is 11.3 Å². The third-order valence-corrected chi connectivity index (χ3v) is 2.86. The Hall–Kier alpha value is -1.13. The molecule has 2 aromatic heterocycles. The van der Waals surface area contributed by atoms with Gasteiger partial charge in [-0.2, -0.15) is 0 Å². The Labute approximate surface area is 86.0 Å². The monoisotopic (exact) mass is 209 g/mol. The first kappa shape index (κ1) is 9.43. The standard InChI is InChI=1S/C10H11NO2S/c1-7-2-3-9(14-7)10-11-8(4-5-12)6-13-10/h2-3,6,12H,4-5H2,1H3. The summed E-state index contributed by atoms with van der Waals surface area (Å²) in [4.78, 5) is 6.54. The second kappa shape index (κ2) is 3.94. The summed E-state index contributed by atoms with van der Waals surface area (Å²) in [6.45, 7) is 2.15. The first-order valence-corrected chi connectivity index (χ1v) is 5.23. The number of rotatable bonds is 3. The van der Waals surface area contributed by atoms with Gasteiger partial charge < -0.3 is 9.52 Å². The molecule has 2 rings (SSSR count). The Bertz CT molecular complexity index is 419. The van der Waals surface area contributed by atoms with Crippen molar-refractivity contribution >= 4 is 11.3 Å². The number of thiophene rings is 1. The zero-order chi connectivity index (χ0) is 9.97. The summed E-state index contributed by atoms with van der Waals surface area (Å²) in [7, 11) is 0. The van der Waals surface area contributed by atoms with Crippen LogP contribution in [0.4, 0.5) is 0 Å². The maximum absolute atomic E-state index is 8.72. The van der Waals surface area contributed by atoms with E-state index in [1.165, 1.54) is 4.88 Å². The first-order valence-electron chi connectivity index (χ1n) is 4.41. The van der Waals surface area contributed by atoms with Gasteiger partial charge in [0.05, 0.1) is 10.6 Å². The number of nitrogens with zero attached hydrogens (tertiary/aromatic N) is 1. The summed E-state index contributed by atoms with van der Waals surface area (Å²) in [5, 5.41) is 8.72. The molecule has 3 nitrogen and oxygen atoms in total. The molecular formula is C10H11NO2S. The van der Waals surface area contributed by atoms with E-state index in [4.69, 9.17) is 9.52 Å². The summed E-state index contributed by atoms with van der Waals surface area (Å²) >= 11 is 1.65. The molecule has 4 heteroatoms. The Morgan fingerprint density at radius 3 is 3.00 bits per heavy atom. The van der Waals surface area contributed by atoms with Gasteiger partial charge in [0.2, 0.25) is 5.89 Å². The van der Waals surface area contributed by atoms with Crippen LogP contribution in [-0.4, -0.2) is 16.7 Å². The highest BCUT2D eigenvalue weighted by molar-refractivity contribution is 7.15.